The van der Waals surface area contributed by atoms with E-state index in [2.05, 4.69) is 19.2 Å². The molecule has 0 spiro atoms. The van der Waals surface area contributed by atoms with Crippen LogP contribution in [-0.4, -0.2) is 24.6 Å². The number of anilines is 1. The lowest BCUT2D eigenvalue weighted by molar-refractivity contribution is -0.122. The number of aryl methyl sites for hydroxylation is 1. The van der Waals surface area contributed by atoms with Gasteiger partial charge in [-0.25, -0.2) is 4.79 Å². The molecule has 2 aromatic rings. The van der Waals surface area contributed by atoms with E-state index in [4.69, 9.17) is 9.47 Å². The van der Waals surface area contributed by atoms with E-state index >= 15 is 0 Å². The van der Waals surface area contributed by atoms with Crippen molar-refractivity contribution in [2.75, 3.05) is 11.9 Å². The first-order valence-electron chi connectivity index (χ1n) is 10.3. The number of esters is 1. The molecule has 0 radical (unpaired) electrons. The lowest BCUT2D eigenvalue weighted by Crippen LogP contribution is -2.30. The molecule has 1 aromatic carbocycles. The number of carbonyl (C=O) groups excluding carboxylic acids is 2. The topological polar surface area (TPSA) is 64.6 Å². The fourth-order valence-corrected chi connectivity index (χ4v) is 4.76. The third-order valence-corrected chi connectivity index (χ3v) is 6.32. The molecule has 0 fully saturated rings. The van der Waals surface area contributed by atoms with E-state index in [1.54, 1.807) is 13.8 Å². The van der Waals surface area contributed by atoms with Crippen LogP contribution in [0.2, 0.25) is 0 Å². The summed E-state index contributed by atoms with van der Waals surface area (Å²) >= 11 is 1.48. The molecule has 1 heterocycles. The summed E-state index contributed by atoms with van der Waals surface area (Å²) in [6.45, 7) is 8.07. The Morgan fingerprint density at radius 2 is 1.79 bits per heavy atom. The van der Waals surface area contributed by atoms with Gasteiger partial charge < -0.3 is 14.8 Å². The number of amides is 1. The molecule has 6 heteroatoms. The van der Waals surface area contributed by atoms with Gasteiger partial charge in [-0.3, -0.25) is 4.79 Å². The van der Waals surface area contributed by atoms with E-state index in [0.717, 1.165) is 31.2 Å². The highest BCUT2D eigenvalue weighted by Gasteiger charge is 2.28. The molecular weight excluding hydrogens is 386 g/mol. The molecule has 1 unspecified atom stereocenters. The summed E-state index contributed by atoms with van der Waals surface area (Å²) in [5, 5.41) is 3.49. The molecule has 1 aromatic heterocycles. The van der Waals surface area contributed by atoms with Gasteiger partial charge in [0.25, 0.3) is 5.91 Å². The molecule has 1 amide bonds. The Hall–Kier alpha value is -2.34. The number of ether oxygens (including phenoxy) is 2. The van der Waals surface area contributed by atoms with E-state index in [-0.39, 0.29) is 11.9 Å². The Morgan fingerprint density at radius 3 is 2.45 bits per heavy atom. The van der Waals surface area contributed by atoms with E-state index in [1.165, 1.54) is 21.8 Å². The highest BCUT2D eigenvalue weighted by molar-refractivity contribution is 7.17. The van der Waals surface area contributed by atoms with Crippen molar-refractivity contribution < 1.29 is 19.1 Å². The lowest BCUT2D eigenvalue weighted by Gasteiger charge is -2.16. The van der Waals surface area contributed by atoms with Crippen LogP contribution in [0.3, 0.4) is 0 Å². The normalized spacial score (nSPS) is 14.2. The molecule has 5 nitrogen and oxygen atoms in total. The third kappa shape index (κ3) is 4.99. The largest absolute Gasteiger partial charge is 0.481 e. The van der Waals surface area contributed by atoms with Crippen molar-refractivity contribution in [2.45, 2.75) is 65.4 Å². The number of thiophene rings is 1. The average molecular weight is 416 g/mol. The van der Waals surface area contributed by atoms with Crippen LogP contribution in [0.4, 0.5) is 5.00 Å². The molecule has 1 aliphatic carbocycles. The van der Waals surface area contributed by atoms with Crippen LogP contribution in [0.25, 0.3) is 0 Å². The Kier molecular flexibility index (Phi) is 6.96. The summed E-state index contributed by atoms with van der Waals surface area (Å²) in [7, 11) is 0. The first-order chi connectivity index (χ1) is 13.9. The Balaban J connectivity index is 1.74. The number of hydrogen-bond acceptors (Lipinski definition) is 5. The molecule has 0 saturated carbocycles. The maximum absolute atomic E-state index is 12.8. The zero-order valence-corrected chi connectivity index (χ0v) is 18.4. The lowest BCUT2D eigenvalue weighted by atomic mass is 9.95. The predicted octanol–water partition coefficient (Wildman–Crippen LogP) is 5.33. The van der Waals surface area contributed by atoms with Gasteiger partial charge in [-0.2, -0.15) is 0 Å². The third-order valence-electron chi connectivity index (χ3n) is 5.12. The zero-order chi connectivity index (χ0) is 21.0. The summed E-state index contributed by atoms with van der Waals surface area (Å²) < 4.78 is 11.1. The van der Waals surface area contributed by atoms with Crippen LogP contribution in [-0.2, 0) is 22.4 Å². The first kappa shape index (κ1) is 21.4. The van der Waals surface area contributed by atoms with E-state index in [1.807, 2.05) is 24.3 Å². The second-order valence-electron chi connectivity index (χ2n) is 7.61. The Morgan fingerprint density at radius 1 is 1.10 bits per heavy atom. The number of nitrogens with one attached hydrogen (secondary N) is 1. The smallest absolute Gasteiger partial charge is 0.341 e. The van der Waals surface area contributed by atoms with Crippen LogP contribution in [0.5, 0.6) is 5.75 Å². The minimum absolute atomic E-state index is 0.276. The predicted molar refractivity (Wildman–Crippen MR) is 116 cm³/mol. The van der Waals surface area contributed by atoms with Crippen molar-refractivity contribution in [3.05, 3.63) is 45.8 Å². The highest BCUT2D eigenvalue weighted by atomic mass is 32.1. The maximum atomic E-state index is 12.8. The molecule has 1 aliphatic rings. The van der Waals surface area contributed by atoms with E-state index < -0.39 is 6.10 Å². The second kappa shape index (κ2) is 9.44. The second-order valence-corrected chi connectivity index (χ2v) is 8.71. The van der Waals surface area contributed by atoms with Crippen molar-refractivity contribution >= 4 is 28.2 Å². The number of benzene rings is 1. The molecule has 1 N–H and O–H groups in total. The van der Waals surface area contributed by atoms with Gasteiger partial charge >= 0.3 is 5.97 Å². The van der Waals surface area contributed by atoms with Crippen LogP contribution >= 0.6 is 11.3 Å². The SMILES string of the molecule is CCOC(=O)c1c(NC(=O)C(C)Oc2ccc(C(C)C)cc2)sc2c1CCCC2. The number of carbonyl (C=O) groups is 2. The van der Waals surface area contributed by atoms with Gasteiger partial charge in [-0.1, -0.05) is 26.0 Å². The van der Waals surface area contributed by atoms with Gasteiger partial charge in [0.05, 0.1) is 12.2 Å². The molecule has 3 rings (SSSR count). The molecule has 29 heavy (non-hydrogen) atoms. The fraction of sp³-hybridized carbons (Fsp3) is 0.478. The summed E-state index contributed by atoms with van der Waals surface area (Å²) in [5.41, 5.74) is 2.78. The minimum atomic E-state index is -0.686. The molecule has 156 valence electrons. The molecule has 0 aliphatic heterocycles. The van der Waals surface area contributed by atoms with Crippen LogP contribution in [0, 0.1) is 0 Å². The van der Waals surface area contributed by atoms with Gasteiger partial charge in [0.1, 0.15) is 10.8 Å². The Bertz CT molecular complexity index is 870. The van der Waals surface area contributed by atoms with Gasteiger partial charge in [-0.05, 0) is 68.7 Å². The summed E-state index contributed by atoms with van der Waals surface area (Å²) in [6, 6.07) is 7.79. The highest BCUT2D eigenvalue weighted by Crippen LogP contribution is 2.38. The average Bonchev–Trinajstić information content (AvgIpc) is 3.06. The van der Waals surface area contributed by atoms with Gasteiger partial charge in [-0.15, -0.1) is 11.3 Å². The monoisotopic (exact) mass is 415 g/mol. The molecule has 1 atom stereocenters. The summed E-state index contributed by atoms with van der Waals surface area (Å²) in [5.74, 6) is 0.450. The van der Waals surface area contributed by atoms with Crippen LogP contribution < -0.4 is 10.1 Å². The van der Waals surface area contributed by atoms with E-state index in [0.29, 0.717) is 28.8 Å². The maximum Gasteiger partial charge on any atom is 0.341 e. The standard InChI is InChI=1S/C23H29NO4S/c1-5-27-23(26)20-18-8-6-7-9-19(18)29-22(20)24-21(25)15(4)28-17-12-10-16(11-13-17)14(2)3/h10-15H,5-9H2,1-4H3,(H,24,25). The Labute approximate surface area is 176 Å². The van der Waals surface area contributed by atoms with Crippen molar-refractivity contribution in [1.82, 2.24) is 0 Å². The number of rotatable bonds is 7. The van der Waals surface area contributed by atoms with Crippen LogP contribution in [0.1, 0.15) is 72.8 Å². The minimum Gasteiger partial charge on any atom is -0.481 e. The van der Waals surface area contributed by atoms with Gasteiger partial charge in [0, 0.05) is 4.88 Å². The fourth-order valence-electron chi connectivity index (χ4n) is 3.48. The summed E-state index contributed by atoms with van der Waals surface area (Å²) in [4.78, 5) is 26.5. The molecular formula is C23H29NO4S. The molecule has 0 saturated heterocycles. The zero-order valence-electron chi connectivity index (χ0n) is 17.5. The van der Waals surface area contributed by atoms with Crippen molar-refractivity contribution in [1.29, 1.82) is 0 Å². The van der Waals surface area contributed by atoms with Gasteiger partial charge in [0.15, 0.2) is 6.10 Å². The summed E-state index contributed by atoms with van der Waals surface area (Å²) in [6.07, 6.45) is 3.26. The first-order valence-corrected chi connectivity index (χ1v) is 11.1. The van der Waals surface area contributed by atoms with Crippen LogP contribution in [0.15, 0.2) is 24.3 Å². The van der Waals surface area contributed by atoms with Crippen molar-refractivity contribution in [3.63, 3.8) is 0 Å². The van der Waals surface area contributed by atoms with Crippen molar-refractivity contribution in [3.8, 4) is 5.75 Å². The van der Waals surface area contributed by atoms with Crippen molar-refractivity contribution in [2.24, 2.45) is 0 Å². The quantitative estimate of drug-likeness (QED) is 0.621. The van der Waals surface area contributed by atoms with E-state index in [9.17, 15) is 9.59 Å². The van der Waals surface area contributed by atoms with Gasteiger partial charge in [0.2, 0.25) is 0 Å². The molecule has 0 bridgehead atoms. The number of hydrogen-bond donors (Lipinski definition) is 1. The number of fused-ring (bicyclic) bond motifs is 1.